The molecular formula is C10H19NO2. The van der Waals surface area contributed by atoms with E-state index in [0.717, 1.165) is 26.3 Å². The molecule has 2 atom stereocenters. The quantitative estimate of drug-likeness (QED) is 0.608. The van der Waals surface area contributed by atoms with Gasteiger partial charge in [-0.3, -0.25) is 4.90 Å². The van der Waals surface area contributed by atoms with Crippen LogP contribution in [0.1, 0.15) is 19.8 Å². The lowest BCUT2D eigenvalue weighted by Gasteiger charge is -2.31. The first-order valence-electron chi connectivity index (χ1n) is 5.34. The monoisotopic (exact) mass is 185 g/mol. The van der Waals surface area contributed by atoms with Gasteiger partial charge in [0.1, 0.15) is 0 Å². The Labute approximate surface area is 80.0 Å². The molecule has 0 aromatic heterocycles. The standard InChI is InChI=1S/C10H19NO2/c1-2-12-9-4-3-5-11(6-9)7-10-8-13-10/h9-10H,2-8H2,1H3. The Bertz CT molecular complexity index is 157. The van der Waals surface area contributed by atoms with Gasteiger partial charge in [-0.25, -0.2) is 0 Å². The molecule has 0 amide bonds. The van der Waals surface area contributed by atoms with Crippen molar-refractivity contribution in [3.63, 3.8) is 0 Å². The van der Waals surface area contributed by atoms with Crippen LogP contribution in [0.2, 0.25) is 0 Å². The molecule has 2 aliphatic rings. The van der Waals surface area contributed by atoms with Gasteiger partial charge in [-0.1, -0.05) is 0 Å². The molecule has 0 aliphatic carbocycles. The summed E-state index contributed by atoms with van der Waals surface area (Å²) < 4.78 is 10.9. The number of hydrogen-bond acceptors (Lipinski definition) is 3. The minimum Gasteiger partial charge on any atom is -0.377 e. The van der Waals surface area contributed by atoms with Crippen molar-refractivity contribution >= 4 is 0 Å². The molecule has 0 N–H and O–H groups in total. The molecule has 0 aromatic carbocycles. The largest absolute Gasteiger partial charge is 0.377 e. The van der Waals surface area contributed by atoms with Crippen LogP contribution >= 0.6 is 0 Å². The molecule has 2 aliphatic heterocycles. The summed E-state index contributed by atoms with van der Waals surface area (Å²) in [5.41, 5.74) is 0. The van der Waals surface area contributed by atoms with Gasteiger partial charge in [0.05, 0.1) is 18.8 Å². The van der Waals surface area contributed by atoms with E-state index in [1.54, 1.807) is 0 Å². The van der Waals surface area contributed by atoms with Crippen LogP contribution in [0.4, 0.5) is 0 Å². The van der Waals surface area contributed by atoms with Crippen LogP contribution in [0.25, 0.3) is 0 Å². The molecule has 2 heterocycles. The first kappa shape index (κ1) is 9.44. The number of nitrogens with zero attached hydrogens (tertiary/aromatic N) is 1. The SMILES string of the molecule is CCOC1CCCN(CC2CO2)C1. The normalized spacial score (nSPS) is 34.8. The zero-order valence-corrected chi connectivity index (χ0v) is 8.37. The lowest BCUT2D eigenvalue weighted by Crippen LogP contribution is -2.41. The number of ether oxygens (including phenoxy) is 2. The van der Waals surface area contributed by atoms with Crippen molar-refractivity contribution < 1.29 is 9.47 Å². The van der Waals surface area contributed by atoms with Gasteiger partial charge in [-0.05, 0) is 26.3 Å². The Balaban J connectivity index is 1.70. The topological polar surface area (TPSA) is 25.0 Å². The smallest absolute Gasteiger partial charge is 0.0936 e. The molecule has 76 valence electrons. The first-order chi connectivity index (χ1) is 6.38. The predicted molar refractivity (Wildman–Crippen MR) is 50.8 cm³/mol. The Kier molecular flexibility index (Phi) is 3.19. The van der Waals surface area contributed by atoms with E-state index in [0.29, 0.717) is 12.2 Å². The number of epoxide rings is 1. The molecule has 3 heteroatoms. The highest BCUT2D eigenvalue weighted by Gasteiger charge is 2.28. The van der Waals surface area contributed by atoms with Crippen LogP contribution in [0, 0.1) is 0 Å². The van der Waals surface area contributed by atoms with E-state index in [2.05, 4.69) is 11.8 Å². The van der Waals surface area contributed by atoms with Crippen molar-refractivity contribution in [3.05, 3.63) is 0 Å². The Morgan fingerprint density at radius 3 is 3.08 bits per heavy atom. The fourth-order valence-electron chi connectivity index (χ4n) is 2.01. The maximum atomic E-state index is 5.63. The third-order valence-corrected chi connectivity index (χ3v) is 2.73. The van der Waals surface area contributed by atoms with Gasteiger partial charge < -0.3 is 9.47 Å². The molecule has 0 saturated carbocycles. The molecule has 2 saturated heterocycles. The molecule has 2 rings (SSSR count). The van der Waals surface area contributed by atoms with E-state index < -0.39 is 0 Å². The summed E-state index contributed by atoms with van der Waals surface area (Å²) >= 11 is 0. The molecular weight excluding hydrogens is 166 g/mol. The Hall–Kier alpha value is -0.120. The van der Waals surface area contributed by atoms with E-state index in [1.807, 2.05) is 0 Å². The Morgan fingerprint density at radius 2 is 2.38 bits per heavy atom. The van der Waals surface area contributed by atoms with E-state index in [-0.39, 0.29) is 0 Å². The Morgan fingerprint density at radius 1 is 1.54 bits per heavy atom. The third kappa shape index (κ3) is 2.93. The van der Waals surface area contributed by atoms with Gasteiger partial charge in [0.2, 0.25) is 0 Å². The lowest BCUT2D eigenvalue weighted by atomic mass is 10.1. The van der Waals surface area contributed by atoms with Crippen LogP contribution in [-0.4, -0.2) is 50.0 Å². The second-order valence-electron chi connectivity index (χ2n) is 3.93. The van der Waals surface area contributed by atoms with Crippen molar-refractivity contribution in [1.29, 1.82) is 0 Å². The highest BCUT2D eigenvalue weighted by molar-refractivity contribution is 4.79. The van der Waals surface area contributed by atoms with Gasteiger partial charge in [0.15, 0.2) is 0 Å². The van der Waals surface area contributed by atoms with Gasteiger partial charge in [0.25, 0.3) is 0 Å². The number of hydrogen-bond donors (Lipinski definition) is 0. The molecule has 3 nitrogen and oxygen atoms in total. The van der Waals surface area contributed by atoms with Gasteiger partial charge in [-0.2, -0.15) is 0 Å². The molecule has 0 radical (unpaired) electrons. The second-order valence-corrected chi connectivity index (χ2v) is 3.93. The highest BCUT2D eigenvalue weighted by Crippen LogP contribution is 2.17. The highest BCUT2D eigenvalue weighted by atomic mass is 16.6. The number of likely N-dealkylation sites (tertiary alicyclic amines) is 1. The predicted octanol–water partition coefficient (Wildman–Crippen LogP) is 0.886. The van der Waals surface area contributed by atoms with Crippen molar-refractivity contribution in [3.8, 4) is 0 Å². The van der Waals surface area contributed by atoms with E-state index in [1.165, 1.54) is 19.4 Å². The zero-order chi connectivity index (χ0) is 9.10. The van der Waals surface area contributed by atoms with Crippen LogP contribution in [0.5, 0.6) is 0 Å². The third-order valence-electron chi connectivity index (χ3n) is 2.73. The van der Waals surface area contributed by atoms with Crippen molar-refractivity contribution in [2.75, 3.05) is 32.8 Å². The molecule has 0 aromatic rings. The van der Waals surface area contributed by atoms with Crippen LogP contribution in [0.15, 0.2) is 0 Å². The average Bonchev–Trinajstić information content (AvgIpc) is 2.90. The lowest BCUT2D eigenvalue weighted by molar-refractivity contribution is 0.00443. The fourth-order valence-corrected chi connectivity index (χ4v) is 2.01. The summed E-state index contributed by atoms with van der Waals surface area (Å²) in [5, 5.41) is 0. The number of rotatable bonds is 4. The molecule has 0 bridgehead atoms. The van der Waals surface area contributed by atoms with Crippen LogP contribution in [-0.2, 0) is 9.47 Å². The molecule has 13 heavy (non-hydrogen) atoms. The van der Waals surface area contributed by atoms with E-state index in [9.17, 15) is 0 Å². The zero-order valence-electron chi connectivity index (χ0n) is 8.37. The van der Waals surface area contributed by atoms with Gasteiger partial charge in [-0.15, -0.1) is 0 Å². The van der Waals surface area contributed by atoms with Gasteiger partial charge >= 0.3 is 0 Å². The fraction of sp³-hybridized carbons (Fsp3) is 1.00. The van der Waals surface area contributed by atoms with Crippen molar-refractivity contribution in [1.82, 2.24) is 4.90 Å². The molecule has 0 spiro atoms. The van der Waals surface area contributed by atoms with E-state index in [4.69, 9.17) is 9.47 Å². The summed E-state index contributed by atoms with van der Waals surface area (Å²) in [6.45, 7) is 7.33. The summed E-state index contributed by atoms with van der Waals surface area (Å²) in [6, 6.07) is 0. The molecule has 2 unspecified atom stereocenters. The maximum Gasteiger partial charge on any atom is 0.0936 e. The molecule has 2 fully saturated rings. The summed E-state index contributed by atoms with van der Waals surface area (Å²) in [6.07, 6.45) is 3.51. The second kappa shape index (κ2) is 4.40. The minimum absolute atomic E-state index is 0.470. The van der Waals surface area contributed by atoms with Crippen LogP contribution in [0.3, 0.4) is 0 Å². The van der Waals surface area contributed by atoms with E-state index >= 15 is 0 Å². The van der Waals surface area contributed by atoms with Crippen molar-refractivity contribution in [2.24, 2.45) is 0 Å². The average molecular weight is 185 g/mol. The summed E-state index contributed by atoms with van der Waals surface area (Å²) in [4.78, 5) is 2.47. The summed E-state index contributed by atoms with van der Waals surface area (Å²) in [7, 11) is 0. The number of piperidine rings is 1. The van der Waals surface area contributed by atoms with Crippen molar-refractivity contribution in [2.45, 2.75) is 32.0 Å². The first-order valence-corrected chi connectivity index (χ1v) is 5.34. The minimum atomic E-state index is 0.470. The maximum absolute atomic E-state index is 5.63. The summed E-state index contributed by atoms with van der Waals surface area (Å²) in [5.74, 6) is 0. The van der Waals surface area contributed by atoms with Crippen LogP contribution < -0.4 is 0 Å². The van der Waals surface area contributed by atoms with Gasteiger partial charge in [0, 0.05) is 19.7 Å².